The average molecular weight is 579 g/mol. The van der Waals surface area contributed by atoms with Crippen LogP contribution >= 0.6 is 11.3 Å². The van der Waals surface area contributed by atoms with Crippen LogP contribution in [-0.4, -0.2) is 66.5 Å². The van der Waals surface area contributed by atoms with E-state index in [1.54, 1.807) is 12.1 Å². The SMILES string of the molecule is COCCN(CCC(=O)O)S(=O)(=O)c1ccc(C(CC2CCCC2)C(=O)Nc2nc3ccc(F)nc3s2)cc1. The minimum atomic E-state index is -3.98. The molecule has 1 atom stereocenters. The zero-order valence-corrected chi connectivity index (χ0v) is 23.1. The van der Waals surface area contributed by atoms with Crippen molar-refractivity contribution >= 4 is 48.7 Å². The summed E-state index contributed by atoms with van der Waals surface area (Å²) in [6, 6.07) is 8.88. The first-order valence-electron chi connectivity index (χ1n) is 12.7. The number of halogens is 1. The number of aromatic nitrogens is 2. The maximum atomic E-state index is 13.5. The summed E-state index contributed by atoms with van der Waals surface area (Å²) in [7, 11) is -2.54. The van der Waals surface area contributed by atoms with E-state index in [9.17, 15) is 22.4 Å². The number of rotatable bonds is 13. The number of hydrogen-bond donors (Lipinski definition) is 2. The maximum Gasteiger partial charge on any atom is 0.304 e. The number of nitrogens with one attached hydrogen (secondary N) is 1. The lowest BCUT2D eigenvalue weighted by molar-refractivity contribution is -0.137. The van der Waals surface area contributed by atoms with Gasteiger partial charge in [0.1, 0.15) is 10.3 Å². The van der Waals surface area contributed by atoms with E-state index in [1.165, 1.54) is 31.4 Å². The van der Waals surface area contributed by atoms with Crippen LogP contribution in [-0.2, 0) is 24.3 Å². The van der Waals surface area contributed by atoms with Crippen molar-refractivity contribution in [3.05, 3.63) is 47.9 Å². The molecule has 1 amide bonds. The number of anilines is 1. The number of pyridine rings is 1. The summed E-state index contributed by atoms with van der Waals surface area (Å²) in [4.78, 5) is 33.1. The van der Waals surface area contributed by atoms with E-state index < -0.39 is 27.9 Å². The summed E-state index contributed by atoms with van der Waals surface area (Å²) < 4.78 is 46.1. The monoisotopic (exact) mass is 578 g/mol. The molecule has 1 aliphatic carbocycles. The van der Waals surface area contributed by atoms with Gasteiger partial charge in [-0.25, -0.2) is 18.4 Å². The van der Waals surface area contributed by atoms with Crippen molar-refractivity contribution in [2.45, 2.75) is 49.3 Å². The molecule has 0 aliphatic heterocycles. The zero-order chi connectivity index (χ0) is 28.0. The first-order chi connectivity index (χ1) is 18.7. The van der Waals surface area contributed by atoms with Crippen LogP contribution in [0.1, 0.15) is 50.0 Å². The first kappa shape index (κ1) is 29.0. The number of methoxy groups -OCH3 is 1. The predicted molar refractivity (Wildman–Crippen MR) is 145 cm³/mol. The second kappa shape index (κ2) is 12.9. The normalized spacial score (nSPS) is 15.2. The van der Waals surface area contributed by atoms with Crippen LogP contribution in [0, 0.1) is 11.9 Å². The molecule has 1 aliphatic rings. The molecule has 1 unspecified atom stereocenters. The molecule has 10 nitrogen and oxygen atoms in total. The van der Waals surface area contributed by atoms with Crippen LogP contribution in [0.4, 0.5) is 9.52 Å². The lowest BCUT2D eigenvalue weighted by Crippen LogP contribution is -2.35. The fraction of sp³-hybridized carbons (Fsp3) is 0.462. The van der Waals surface area contributed by atoms with Gasteiger partial charge in [-0.05, 0) is 42.2 Å². The molecule has 1 saturated carbocycles. The highest BCUT2D eigenvalue weighted by molar-refractivity contribution is 7.89. The van der Waals surface area contributed by atoms with Gasteiger partial charge >= 0.3 is 5.97 Å². The van der Waals surface area contributed by atoms with Gasteiger partial charge in [-0.15, -0.1) is 0 Å². The smallest absolute Gasteiger partial charge is 0.304 e. The Bertz CT molecular complexity index is 1410. The molecular weight excluding hydrogens is 547 g/mol. The van der Waals surface area contributed by atoms with Crippen molar-refractivity contribution in [1.29, 1.82) is 0 Å². The summed E-state index contributed by atoms with van der Waals surface area (Å²) in [5.41, 5.74) is 1.15. The summed E-state index contributed by atoms with van der Waals surface area (Å²) in [5, 5.41) is 12.2. The third-order valence-electron chi connectivity index (χ3n) is 6.85. The fourth-order valence-electron chi connectivity index (χ4n) is 4.80. The number of amides is 1. The van der Waals surface area contributed by atoms with Crippen LogP contribution in [0.3, 0.4) is 0 Å². The van der Waals surface area contributed by atoms with Crippen LogP contribution in [0.2, 0.25) is 0 Å². The highest BCUT2D eigenvalue weighted by Gasteiger charge is 2.29. The van der Waals surface area contributed by atoms with Gasteiger partial charge < -0.3 is 15.2 Å². The topological polar surface area (TPSA) is 139 Å². The third kappa shape index (κ3) is 7.35. The summed E-state index contributed by atoms with van der Waals surface area (Å²) in [6.07, 6.45) is 4.54. The number of carboxylic acid groups (broad SMARTS) is 1. The van der Waals surface area contributed by atoms with Gasteiger partial charge in [0.25, 0.3) is 0 Å². The number of thiazole rings is 1. The Labute approximate surface area is 230 Å². The second-order valence-electron chi connectivity index (χ2n) is 9.51. The number of hydrogen-bond acceptors (Lipinski definition) is 8. The summed E-state index contributed by atoms with van der Waals surface area (Å²) >= 11 is 1.09. The van der Waals surface area contributed by atoms with Crippen LogP contribution in [0.5, 0.6) is 0 Å². The van der Waals surface area contributed by atoms with E-state index in [0.717, 1.165) is 41.3 Å². The molecule has 2 aromatic heterocycles. The van der Waals surface area contributed by atoms with E-state index in [0.29, 0.717) is 33.4 Å². The van der Waals surface area contributed by atoms with E-state index in [1.807, 2.05) is 0 Å². The van der Waals surface area contributed by atoms with Gasteiger partial charge in [0, 0.05) is 20.2 Å². The van der Waals surface area contributed by atoms with E-state index in [2.05, 4.69) is 15.3 Å². The van der Waals surface area contributed by atoms with Gasteiger partial charge in [0.2, 0.25) is 21.9 Å². The molecule has 3 aromatic rings. The number of carbonyl (C=O) groups is 2. The average Bonchev–Trinajstić information content (AvgIpc) is 3.56. The molecule has 1 fully saturated rings. The molecule has 2 heterocycles. The number of nitrogens with zero attached hydrogens (tertiary/aromatic N) is 3. The molecule has 0 spiro atoms. The Hall–Kier alpha value is -3.00. The van der Waals surface area contributed by atoms with E-state index >= 15 is 0 Å². The minimum absolute atomic E-state index is 0.00652. The maximum absolute atomic E-state index is 13.5. The Morgan fingerprint density at radius 1 is 1.15 bits per heavy atom. The number of carboxylic acids is 1. The standard InChI is InChI=1S/C26H31FN4O6S2/c1-37-15-14-31(13-12-23(32)33)39(35,36)19-8-6-18(7-9-19)20(16-17-4-2-3-5-17)24(34)30-26-28-21-10-11-22(27)29-25(21)38-26/h6-11,17,20H,2-5,12-16H2,1H3,(H,32,33)(H,28,30,34). The summed E-state index contributed by atoms with van der Waals surface area (Å²) in [5.74, 6) is -2.17. The van der Waals surface area contributed by atoms with Gasteiger partial charge in [-0.1, -0.05) is 49.2 Å². The van der Waals surface area contributed by atoms with Gasteiger partial charge in [0.05, 0.1) is 23.8 Å². The molecule has 4 rings (SSSR count). The molecule has 0 bridgehead atoms. The van der Waals surface area contributed by atoms with Crippen molar-refractivity contribution in [2.75, 3.05) is 32.1 Å². The Balaban J connectivity index is 1.56. The molecule has 39 heavy (non-hydrogen) atoms. The number of benzene rings is 1. The van der Waals surface area contributed by atoms with Crippen LogP contribution in [0.25, 0.3) is 10.3 Å². The van der Waals surface area contributed by atoms with E-state index in [-0.39, 0.29) is 36.9 Å². The fourth-order valence-corrected chi connectivity index (χ4v) is 7.06. The Morgan fingerprint density at radius 3 is 2.54 bits per heavy atom. The van der Waals surface area contributed by atoms with Crippen LogP contribution in [0.15, 0.2) is 41.3 Å². The second-order valence-corrected chi connectivity index (χ2v) is 12.4. The largest absolute Gasteiger partial charge is 0.481 e. The molecule has 2 N–H and O–H groups in total. The van der Waals surface area contributed by atoms with Gasteiger partial charge in [0.15, 0.2) is 5.13 Å². The lowest BCUT2D eigenvalue weighted by atomic mass is 9.87. The quantitative estimate of drug-likeness (QED) is 0.287. The number of carbonyl (C=O) groups excluding carboxylic acids is 1. The predicted octanol–water partition coefficient (Wildman–Crippen LogP) is 4.24. The Kier molecular flexibility index (Phi) is 9.59. The number of sulfonamides is 1. The molecule has 0 saturated heterocycles. The molecule has 0 radical (unpaired) electrons. The van der Waals surface area contributed by atoms with Gasteiger partial charge in [-0.2, -0.15) is 8.70 Å². The number of fused-ring (bicyclic) bond motifs is 1. The Morgan fingerprint density at radius 2 is 1.87 bits per heavy atom. The molecule has 210 valence electrons. The van der Waals surface area contributed by atoms with E-state index in [4.69, 9.17) is 9.84 Å². The molecule has 13 heteroatoms. The van der Waals surface area contributed by atoms with Crippen LogP contribution < -0.4 is 5.32 Å². The van der Waals surface area contributed by atoms with Crippen molar-refractivity contribution in [3.8, 4) is 0 Å². The van der Waals surface area contributed by atoms with Crippen molar-refractivity contribution in [2.24, 2.45) is 5.92 Å². The first-order valence-corrected chi connectivity index (χ1v) is 15.0. The van der Waals surface area contributed by atoms with Crippen molar-refractivity contribution in [3.63, 3.8) is 0 Å². The lowest BCUT2D eigenvalue weighted by Gasteiger charge is -2.23. The number of aliphatic carboxylic acids is 1. The third-order valence-corrected chi connectivity index (χ3v) is 9.65. The van der Waals surface area contributed by atoms with Crippen molar-refractivity contribution in [1.82, 2.24) is 14.3 Å². The zero-order valence-electron chi connectivity index (χ0n) is 21.5. The molecule has 1 aromatic carbocycles. The minimum Gasteiger partial charge on any atom is -0.481 e. The van der Waals surface area contributed by atoms with Crippen molar-refractivity contribution < 1.29 is 32.2 Å². The molecular formula is C26H31FN4O6S2. The highest BCUT2D eigenvalue weighted by atomic mass is 32.2. The summed E-state index contributed by atoms with van der Waals surface area (Å²) in [6.45, 7) is -0.0492. The van der Waals surface area contributed by atoms with Gasteiger partial charge in [-0.3, -0.25) is 9.59 Å². The number of ether oxygens (including phenoxy) is 1. The highest BCUT2D eigenvalue weighted by Crippen LogP contribution is 2.36.